The Bertz CT molecular complexity index is 663. The summed E-state index contributed by atoms with van der Waals surface area (Å²) in [4.78, 5) is 14.1. The molecule has 0 aromatic heterocycles. The summed E-state index contributed by atoms with van der Waals surface area (Å²) in [6.45, 7) is 6.13. The van der Waals surface area contributed by atoms with Crippen molar-refractivity contribution in [1.29, 1.82) is 0 Å². The average Bonchev–Trinajstić information content (AvgIpc) is 2.54. The molecule has 2 rings (SSSR count). The van der Waals surface area contributed by atoms with Crippen LogP contribution in [0.25, 0.3) is 0 Å². The van der Waals surface area contributed by atoms with Gasteiger partial charge in [0.1, 0.15) is 0 Å². The molecule has 0 aliphatic carbocycles. The fourth-order valence-electron chi connectivity index (χ4n) is 2.60. The summed E-state index contributed by atoms with van der Waals surface area (Å²) in [6.07, 6.45) is 0.759. The van der Waals surface area contributed by atoms with Crippen molar-refractivity contribution in [2.24, 2.45) is 0 Å². The van der Waals surface area contributed by atoms with E-state index in [0.29, 0.717) is 6.54 Å². The molecule has 128 valence electrons. The predicted octanol–water partition coefficient (Wildman–Crippen LogP) is 3.90. The van der Waals surface area contributed by atoms with Crippen molar-refractivity contribution in [2.45, 2.75) is 32.8 Å². The molecule has 2 N–H and O–H groups in total. The molecule has 0 unspecified atom stereocenters. The third-order valence-electron chi connectivity index (χ3n) is 3.74. The molecule has 0 saturated carbocycles. The quantitative estimate of drug-likeness (QED) is 0.846. The van der Waals surface area contributed by atoms with Gasteiger partial charge in [0.25, 0.3) is 0 Å². The van der Waals surface area contributed by atoms with E-state index in [1.165, 1.54) is 5.56 Å². The van der Waals surface area contributed by atoms with Crippen LogP contribution in [0.3, 0.4) is 0 Å². The summed E-state index contributed by atoms with van der Waals surface area (Å²) < 4.78 is 0. The van der Waals surface area contributed by atoms with Gasteiger partial charge in [-0.1, -0.05) is 48.5 Å². The number of carbonyl (C=O) groups is 1. The van der Waals surface area contributed by atoms with Gasteiger partial charge in [0, 0.05) is 12.2 Å². The molecule has 0 radical (unpaired) electrons. The van der Waals surface area contributed by atoms with E-state index in [-0.39, 0.29) is 12.6 Å². The maximum Gasteiger partial charge on any atom is 0.321 e. The van der Waals surface area contributed by atoms with E-state index in [1.807, 2.05) is 49.4 Å². The minimum atomic E-state index is -0.920. The number of carbonyl (C=O) groups excluding carboxylic acids is 1. The van der Waals surface area contributed by atoms with Gasteiger partial charge in [-0.2, -0.15) is 0 Å². The lowest BCUT2D eigenvalue weighted by Crippen LogP contribution is -2.44. The molecule has 2 aromatic rings. The molecule has 24 heavy (non-hydrogen) atoms. The number of amides is 2. The van der Waals surface area contributed by atoms with Crippen molar-refractivity contribution in [3.05, 3.63) is 65.7 Å². The van der Waals surface area contributed by atoms with Gasteiger partial charge >= 0.3 is 6.03 Å². The highest BCUT2D eigenvalue weighted by Crippen LogP contribution is 2.20. The van der Waals surface area contributed by atoms with E-state index < -0.39 is 5.60 Å². The molecule has 4 heteroatoms. The Morgan fingerprint density at radius 3 is 2.33 bits per heavy atom. The minimum Gasteiger partial charge on any atom is -0.389 e. The summed E-state index contributed by atoms with van der Waals surface area (Å²) in [7, 11) is 0. The molecule has 0 aliphatic rings. The number of para-hydroxylation sites is 1. The molecule has 2 amide bonds. The second-order valence-corrected chi connectivity index (χ2v) is 6.58. The van der Waals surface area contributed by atoms with Crippen molar-refractivity contribution in [1.82, 2.24) is 4.90 Å². The number of rotatable bonds is 6. The number of anilines is 1. The van der Waals surface area contributed by atoms with Gasteiger partial charge in [0.15, 0.2) is 0 Å². The van der Waals surface area contributed by atoms with Crippen LogP contribution >= 0.6 is 0 Å². The molecule has 0 heterocycles. The third kappa shape index (κ3) is 5.39. The zero-order valence-corrected chi connectivity index (χ0v) is 14.6. The highest BCUT2D eigenvalue weighted by molar-refractivity contribution is 5.90. The normalized spacial score (nSPS) is 11.2. The second kappa shape index (κ2) is 7.97. The zero-order valence-electron chi connectivity index (χ0n) is 14.6. The molecule has 2 aromatic carbocycles. The standard InChI is InChI=1S/C20H26N2O2/c1-4-22(15-20(2,3)24)19(23)21-18-13-9-8-12-17(18)14-16-10-6-5-7-11-16/h5-13,24H,4,14-15H2,1-3H3,(H,21,23). The Kier molecular flexibility index (Phi) is 5.99. The van der Waals surface area contributed by atoms with E-state index in [2.05, 4.69) is 17.4 Å². The van der Waals surface area contributed by atoms with E-state index in [0.717, 1.165) is 17.7 Å². The van der Waals surface area contributed by atoms with E-state index in [4.69, 9.17) is 0 Å². The summed E-state index contributed by atoms with van der Waals surface area (Å²) in [6, 6.07) is 17.8. The number of hydrogen-bond donors (Lipinski definition) is 2. The minimum absolute atomic E-state index is 0.194. The van der Waals surface area contributed by atoms with Crippen LogP contribution in [0.4, 0.5) is 10.5 Å². The lowest BCUT2D eigenvalue weighted by atomic mass is 10.0. The lowest BCUT2D eigenvalue weighted by Gasteiger charge is -2.28. The first-order valence-electron chi connectivity index (χ1n) is 8.29. The van der Waals surface area contributed by atoms with E-state index in [1.54, 1.807) is 18.7 Å². The van der Waals surface area contributed by atoms with Crippen LogP contribution in [0.15, 0.2) is 54.6 Å². The summed E-state index contributed by atoms with van der Waals surface area (Å²) in [5.41, 5.74) is 2.15. The van der Waals surface area contributed by atoms with Crippen molar-refractivity contribution in [2.75, 3.05) is 18.4 Å². The Morgan fingerprint density at radius 2 is 1.71 bits per heavy atom. The molecule has 0 atom stereocenters. The summed E-state index contributed by atoms with van der Waals surface area (Å²) >= 11 is 0. The Morgan fingerprint density at radius 1 is 1.08 bits per heavy atom. The maximum absolute atomic E-state index is 12.5. The SMILES string of the molecule is CCN(CC(C)(C)O)C(=O)Nc1ccccc1Cc1ccccc1. The summed E-state index contributed by atoms with van der Waals surface area (Å²) in [5, 5.41) is 12.9. The highest BCUT2D eigenvalue weighted by atomic mass is 16.3. The Labute approximate surface area is 144 Å². The van der Waals surface area contributed by atoms with Crippen molar-refractivity contribution >= 4 is 11.7 Å². The average molecular weight is 326 g/mol. The van der Waals surface area contributed by atoms with Crippen molar-refractivity contribution in [3.8, 4) is 0 Å². The number of nitrogens with zero attached hydrogens (tertiary/aromatic N) is 1. The largest absolute Gasteiger partial charge is 0.389 e. The van der Waals surface area contributed by atoms with E-state index >= 15 is 0 Å². The van der Waals surface area contributed by atoms with Gasteiger partial charge in [-0.05, 0) is 44.4 Å². The fraction of sp³-hybridized carbons (Fsp3) is 0.350. The van der Waals surface area contributed by atoms with Gasteiger partial charge in [0.05, 0.1) is 12.1 Å². The Balaban J connectivity index is 2.13. The first-order valence-corrected chi connectivity index (χ1v) is 8.29. The van der Waals surface area contributed by atoms with Gasteiger partial charge in [0.2, 0.25) is 0 Å². The fourth-order valence-corrected chi connectivity index (χ4v) is 2.60. The molecule has 0 spiro atoms. The number of likely N-dealkylation sites (N-methyl/N-ethyl adjacent to an activating group) is 1. The van der Waals surface area contributed by atoms with Crippen LogP contribution in [-0.2, 0) is 6.42 Å². The van der Waals surface area contributed by atoms with Crippen molar-refractivity contribution < 1.29 is 9.90 Å². The molecule has 0 aliphatic heterocycles. The van der Waals surface area contributed by atoms with E-state index in [9.17, 15) is 9.90 Å². The number of benzene rings is 2. The van der Waals surface area contributed by atoms with Crippen LogP contribution in [0, 0.1) is 0 Å². The number of nitrogens with one attached hydrogen (secondary N) is 1. The van der Waals surface area contributed by atoms with Gasteiger partial charge in [-0.15, -0.1) is 0 Å². The number of hydrogen-bond acceptors (Lipinski definition) is 2. The molecule has 0 saturated heterocycles. The first kappa shape index (κ1) is 18.0. The second-order valence-electron chi connectivity index (χ2n) is 6.58. The first-order chi connectivity index (χ1) is 11.4. The van der Waals surface area contributed by atoms with Crippen molar-refractivity contribution in [3.63, 3.8) is 0 Å². The highest BCUT2D eigenvalue weighted by Gasteiger charge is 2.21. The predicted molar refractivity (Wildman–Crippen MR) is 98.3 cm³/mol. The maximum atomic E-state index is 12.5. The number of aliphatic hydroxyl groups is 1. The smallest absolute Gasteiger partial charge is 0.321 e. The van der Waals surface area contributed by atoms with Gasteiger partial charge < -0.3 is 15.3 Å². The molecular weight excluding hydrogens is 300 g/mol. The number of urea groups is 1. The van der Waals surface area contributed by atoms with Crippen LogP contribution < -0.4 is 5.32 Å². The topological polar surface area (TPSA) is 52.6 Å². The third-order valence-corrected chi connectivity index (χ3v) is 3.74. The monoisotopic (exact) mass is 326 g/mol. The van der Waals surface area contributed by atoms with Crippen LogP contribution in [0.2, 0.25) is 0 Å². The van der Waals surface area contributed by atoms with Crippen LogP contribution in [0.5, 0.6) is 0 Å². The molecule has 0 fully saturated rings. The summed E-state index contributed by atoms with van der Waals surface area (Å²) in [5.74, 6) is 0. The lowest BCUT2D eigenvalue weighted by molar-refractivity contribution is 0.0501. The molecule has 0 bridgehead atoms. The van der Waals surface area contributed by atoms with Gasteiger partial charge in [-0.3, -0.25) is 0 Å². The van der Waals surface area contributed by atoms with Crippen LogP contribution in [0.1, 0.15) is 31.9 Å². The zero-order chi connectivity index (χ0) is 17.6. The molecular formula is C20H26N2O2. The Hall–Kier alpha value is -2.33. The van der Waals surface area contributed by atoms with Gasteiger partial charge in [-0.25, -0.2) is 4.79 Å². The molecule has 4 nitrogen and oxygen atoms in total. The van der Waals surface area contributed by atoms with Crippen LogP contribution in [-0.4, -0.2) is 34.7 Å².